The first kappa shape index (κ1) is 35.4. The van der Waals surface area contributed by atoms with E-state index in [9.17, 15) is 37.6 Å². The predicted octanol–water partition coefficient (Wildman–Crippen LogP) is -0.157. The van der Waals surface area contributed by atoms with Gasteiger partial charge in [-0.2, -0.15) is 13.2 Å². The molecule has 45 heavy (non-hydrogen) atoms. The number of aromatic nitrogens is 1. The molecule has 2 atom stereocenters. The lowest BCUT2D eigenvalue weighted by Gasteiger charge is -2.23. The monoisotopic (exact) mass is 631 g/mol. The highest BCUT2D eigenvalue weighted by atomic mass is 19.4. The summed E-state index contributed by atoms with van der Waals surface area (Å²) < 4.78 is 38.9. The van der Waals surface area contributed by atoms with Crippen LogP contribution in [0.15, 0.2) is 54.7 Å². The van der Waals surface area contributed by atoms with E-state index in [0.29, 0.717) is 29.6 Å². The van der Waals surface area contributed by atoms with Crippen LogP contribution >= 0.6 is 0 Å². The first-order chi connectivity index (χ1) is 21.3. The number of halogens is 3. The number of benzene rings is 2. The Morgan fingerprint density at radius 1 is 0.956 bits per heavy atom. The summed E-state index contributed by atoms with van der Waals surface area (Å²) in [6.45, 7) is 1.08. The number of rotatable bonds is 15. The highest BCUT2D eigenvalue weighted by molar-refractivity contribution is 6.58. The Balaban J connectivity index is 1.74. The van der Waals surface area contributed by atoms with E-state index >= 15 is 0 Å². The van der Waals surface area contributed by atoms with E-state index < -0.39 is 42.8 Å². The van der Waals surface area contributed by atoms with Gasteiger partial charge in [-0.3, -0.25) is 19.4 Å². The Bertz CT molecular complexity index is 1450. The predicted molar refractivity (Wildman–Crippen MR) is 164 cm³/mol. The fraction of sp³-hybridized carbons (Fsp3) is 0.379. The molecule has 0 radical (unpaired) electrons. The van der Waals surface area contributed by atoms with Crippen LogP contribution in [-0.4, -0.2) is 83.0 Å². The molecule has 0 aliphatic heterocycles. The van der Waals surface area contributed by atoms with E-state index in [4.69, 9.17) is 17.2 Å². The Hall–Kier alpha value is -4.09. The first-order valence-corrected chi connectivity index (χ1v) is 14.3. The van der Waals surface area contributed by atoms with Crippen molar-refractivity contribution in [2.75, 3.05) is 31.5 Å². The molecule has 3 rings (SSSR count). The molecule has 0 bridgehead atoms. The number of nitrogens with one attached hydrogen (secondary N) is 2. The lowest BCUT2D eigenvalue weighted by atomic mass is 9.80. The van der Waals surface area contributed by atoms with Gasteiger partial charge in [-0.25, -0.2) is 0 Å². The largest absolute Gasteiger partial charge is 0.488 e. The van der Waals surface area contributed by atoms with Crippen LogP contribution in [0.4, 0.5) is 18.9 Å². The number of hydrogen-bond donors (Lipinski definition) is 7. The molecular weight excluding hydrogens is 594 g/mol. The van der Waals surface area contributed by atoms with Crippen LogP contribution in [0.25, 0.3) is 10.9 Å². The molecule has 0 fully saturated rings. The van der Waals surface area contributed by atoms with Crippen molar-refractivity contribution in [1.82, 2.24) is 15.2 Å². The van der Waals surface area contributed by atoms with E-state index in [2.05, 4.69) is 15.6 Å². The molecule has 242 valence electrons. The topological polar surface area (TPSA) is 210 Å². The maximum absolute atomic E-state index is 13.4. The summed E-state index contributed by atoms with van der Waals surface area (Å²) in [5, 5.41) is 24.7. The zero-order valence-corrected chi connectivity index (χ0v) is 24.5. The van der Waals surface area contributed by atoms with Crippen LogP contribution in [0.2, 0.25) is 0 Å². The second kappa shape index (κ2) is 16.3. The summed E-state index contributed by atoms with van der Waals surface area (Å²) >= 11 is 0. The van der Waals surface area contributed by atoms with Crippen molar-refractivity contribution >= 4 is 46.9 Å². The number of hydrogen-bond acceptors (Lipinski definition) is 9. The molecule has 1 aromatic heterocycles. The molecule has 3 amide bonds. The van der Waals surface area contributed by atoms with Gasteiger partial charge < -0.3 is 42.8 Å². The van der Waals surface area contributed by atoms with Crippen LogP contribution in [0.3, 0.4) is 0 Å². The number of nitrogens with zero attached hydrogens (tertiary/aromatic N) is 2. The number of aryl methyl sites for hydroxylation is 1. The van der Waals surface area contributed by atoms with E-state index in [1.54, 1.807) is 12.1 Å². The van der Waals surface area contributed by atoms with Crippen molar-refractivity contribution in [3.8, 4) is 0 Å². The van der Waals surface area contributed by atoms with Crippen molar-refractivity contribution in [1.29, 1.82) is 0 Å². The van der Waals surface area contributed by atoms with Crippen LogP contribution in [0.5, 0.6) is 0 Å². The summed E-state index contributed by atoms with van der Waals surface area (Å²) in [7, 11) is -1.71. The summed E-state index contributed by atoms with van der Waals surface area (Å²) in [6.07, 6.45) is -3.03. The number of carbonyl (C=O) groups excluding carboxylic acids is 3. The number of anilines is 1. The molecule has 0 saturated heterocycles. The fourth-order valence-corrected chi connectivity index (χ4v) is 4.57. The van der Waals surface area contributed by atoms with Crippen LogP contribution in [0.1, 0.15) is 30.4 Å². The third-order valence-corrected chi connectivity index (χ3v) is 7.06. The van der Waals surface area contributed by atoms with Gasteiger partial charge in [0.2, 0.25) is 17.7 Å². The van der Waals surface area contributed by atoms with Crippen LogP contribution < -0.4 is 33.3 Å². The van der Waals surface area contributed by atoms with Crippen molar-refractivity contribution < 1.29 is 37.6 Å². The number of amides is 3. The Morgan fingerprint density at radius 2 is 1.62 bits per heavy atom. The highest BCUT2D eigenvalue weighted by Gasteiger charge is 2.30. The Kier molecular flexibility index (Phi) is 12.8. The number of alkyl halides is 3. The van der Waals surface area contributed by atoms with Crippen LogP contribution in [0, 0.1) is 0 Å². The minimum atomic E-state index is -4.50. The summed E-state index contributed by atoms with van der Waals surface area (Å²) in [5.74, 6) is -1.61. The maximum atomic E-state index is 13.4. The third-order valence-electron chi connectivity index (χ3n) is 7.06. The van der Waals surface area contributed by atoms with Crippen molar-refractivity contribution in [2.45, 2.75) is 43.9 Å². The molecule has 16 heteroatoms. The maximum Gasteiger partial charge on any atom is 0.488 e. The van der Waals surface area contributed by atoms with Gasteiger partial charge in [0.15, 0.2) is 0 Å². The number of nitrogens with two attached hydrogens (primary N) is 3. The normalized spacial score (nSPS) is 12.8. The van der Waals surface area contributed by atoms with Gasteiger partial charge in [0.05, 0.1) is 29.0 Å². The quantitative estimate of drug-likeness (QED) is 0.111. The van der Waals surface area contributed by atoms with Gasteiger partial charge in [0, 0.05) is 38.0 Å². The van der Waals surface area contributed by atoms with Gasteiger partial charge in [-0.1, -0.05) is 24.3 Å². The lowest BCUT2D eigenvalue weighted by molar-refractivity contribution is -0.137. The average molecular weight is 631 g/mol. The Labute approximate surface area is 258 Å². The van der Waals surface area contributed by atoms with Crippen molar-refractivity contribution in [2.24, 2.45) is 17.2 Å². The van der Waals surface area contributed by atoms with Gasteiger partial charge in [0.25, 0.3) is 0 Å². The number of carbonyl (C=O) groups is 3. The summed E-state index contributed by atoms with van der Waals surface area (Å²) in [5.41, 5.74) is 17.8. The van der Waals surface area contributed by atoms with E-state index in [1.165, 1.54) is 35.4 Å². The molecule has 10 N–H and O–H groups in total. The lowest BCUT2D eigenvalue weighted by Crippen LogP contribution is -2.50. The second-order valence-corrected chi connectivity index (χ2v) is 10.4. The van der Waals surface area contributed by atoms with Crippen molar-refractivity contribution in [3.05, 3.63) is 65.9 Å². The molecule has 1 heterocycles. The molecule has 0 aliphatic carbocycles. The molecule has 12 nitrogen and oxygen atoms in total. The molecular formula is C29H37BF3N7O5. The minimum Gasteiger partial charge on any atom is -0.423 e. The van der Waals surface area contributed by atoms with Crippen molar-refractivity contribution in [3.63, 3.8) is 0 Å². The second-order valence-electron chi connectivity index (χ2n) is 10.4. The molecule has 3 aromatic rings. The average Bonchev–Trinajstić information content (AvgIpc) is 3.00. The highest BCUT2D eigenvalue weighted by Crippen LogP contribution is 2.29. The zero-order valence-electron chi connectivity index (χ0n) is 24.5. The van der Waals surface area contributed by atoms with E-state index in [1.807, 2.05) is 0 Å². The molecule has 0 saturated carbocycles. The SMILES string of the molecule is NCCN(CCN)C(=O)CCC(N)C(=O)NC(CCc1ccc(C(F)(F)F)cc1)C(=O)Nc1cnc2ccc(B(O)O)cc2c1. The van der Waals surface area contributed by atoms with Crippen LogP contribution in [-0.2, 0) is 27.0 Å². The molecule has 2 aromatic carbocycles. The van der Waals surface area contributed by atoms with Gasteiger partial charge in [0.1, 0.15) is 6.04 Å². The molecule has 2 unspecified atom stereocenters. The Morgan fingerprint density at radius 3 is 2.22 bits per heavy atom. The number of pyridine rings is 1. The van der Waals surface area contributed by atoms with Gasteiger partial charge in [-0.15, -0.1) is 0 Å². The molecule has 0 spiro atoms. The smallest absolute Gasteiger partial charge is 0.423 e. The molecule has 0 aliphatic rings. The number of fused-ring (bicyclic) bond motifs is 1. The van der Waals surface area contributed by atoms with Gasteiger partial charge >= 0.3 is 13.3 Å². The third kappa shape index (κ3) is 10.5. The van der Waals surface area contributed by atoms with E-state index in [0.717, 1.165) is 12.1 Å². The van der Waals surface area contributed by atoms with Gasteiger partial charge in [-0.05, 0) is 54.6 Å². The standard InChI is InChI=1S/C29H37BF3N7O5/c31-29(32,33)20-4-1-18(2-5-20)3-8-25(39-27(42)23(36)7-10-26(41)40(13-11-34)14-12-35)28(43)38-22-16-19-15-21(30(44)45)6-9-24(19)37-17-22/h1-2,4-6,9,15-17,23,25,44-45H,3,7-8,10-14,34-36H2,(H,38,43)(H,39,42). The fourth-order valence-electron chi connectivity index (χ4n) is 4.57. The minimum absolute atomic E-state index is 0.0111. The summed E-state index contributed by atoms with van der Waals surface area (Å²) in [6, 6.07) is 8.31. The van der Waals surface area contributed by atoms with E-state index in [-0.39, 0.29) is 55.8 Å². The first-order valence-electron chi connectivity index (χ1n) is 14.3. The summed E-state index contributed by atoms with van der Waals surface area (Å²) in [4.78, 5) is 44.7. The zero-order chi connectivity index (χ0) is 33.1.